The van der Waals surface area contributed by atoms with Crippen LogP contribution in [0.25, 0.3) is 0 Å². The summed E-state index contributed by atoms with van der Waals surface area (Å²) in [6.07, 6.45) is 0. The minimum Gasteiger partial charge on any atom is -0.473 e. The molecule has 0 saturated carbocycles. The third-order valence-corrected chi connectivity index (χ3v) is 2.54. The first-order valence-corrected chi connectivity index (χ1v) is 5.63. The van der Waals surface area contributed by atoms with Gasteiger partial charge in [0.15, 0.2) is 0 Å². The molecule has 2 rings (SSSR count). The molecule has 2 N–H and O–H groups in total. The van der Waals surface area contributed by atoms with Gasteiger partial charge in [0.1, 0.15) is 6.61 Å². The van der Waals surface area contributed by atoms with Crippen LogP contribution in [0.2, 0.25) is 0 Å². The second kappa shape index (κ2) is 5.46. The van der Waals surface area contributed by atoms with Gasteiger partial charge in [-0.05, 0) is 18.6 Å². The van der Waals surface area contributed by atoms with Crippen LogP contribution in [0.4, 0.5) is 0 Å². The Morgan fingerprint density at radius 3 is 2.59 bits per heavy atom. The molecular weight excluding hydrogens is 212 g/mol. The van der Waals surface area contributed by atoms with Crippen LogP contribution in [0.5, 0.6) is 5.88 Å². The molecule has 0 bridgehead atoms. The van der Waals surface area contributed by atoms with Gasteiger partial charge in [0.2, 0.25) is 5.88 Å². The number of ether oxygens (including phenoxy) is 1. The van der Waals surface area contributed by atoms with E-state index in [2.05, 4.69) is 4.98 Å². The van der Waals surface area contributed by atoms with Crippen molar-refractivity contribution in [2.75, 3.05) is 0 Å². The average Bonchev–Trinajstić information content (AvgIpc) is 2.39. The summed E-state index contributed by atoms with van der Waals surface area (Å²) in [5.74, 6) is 0.664. The molecule has 3 nitrogen and oxygen atoms in total. The second-order valence-electron chi connectivity index (χ2n) is 3.90. The molecule has 3 heteroatoms. The lowest BCUT2D eigenvalue weighted by Gasteiger charge is -2.09. The van der Waals surface area contributed by atoms with Crippen molar-refractivity contribution in [3.05, 3.63) is 59.3 Å². The Kier molecular flexibility index (Phi) is 3.73. The van der Waals surface area contributed by atoms with Gasteiger partial charge in [-0.15, -0.1) is 0 Å². The Balaban J connectivity index is 2.08. The topological polar surface area (TPSA) is 48.1 Å². The Hall–Kier alpha value is -1.87. The largest absolute Gasteiger partial charge is 0.473 e. The molecule has 0 aliphatic rings. The van der Waals surface area contributed by atoms with Crippen LogP contribution < -0.4 is 10.5 Å². The first-order chi connectivity index (χ1) is 8.29. The minimum absolute atomic E-state index is 0.433. The number of nitrogens with two attached hydrogens (primary N) is 1. The quantitative estimate of drug-likeness (QED) is 0.874. The predicted octanol–water partition coefficient (Wildman–Crippen LogP) is 2.43. The molecule has 88 valence electrons. The predicted molar refractivity (Wildman–Crippen MR) is 67.6 cm³/mol. The first-order valence-electron chi connectivity index (χ1n) is 5.63. The molecule has 2 aromatic rings. The van der Waals surface area contributed by atoms with E-state index < -0.39 is 0 Å². The summed E-state index contributed by atoms with van der Waals surface area (Å²) in [5.41, 5.74) is 8.56. The van der Waals surface area contributed by atoms with Gasteiger partial charge in [-0.1, -0.05) is 36.4 Å². The van der Waals surface area contributed by atoms with Gasteiger partial charge in [-0.2, -0.15) is 0 Å². The highest BCUT2D eigenvalue weighted by molar-refractivity contribution is 5.27. The van der Waals surface area contributed by atoms with Gasteiger partial charge in [0.05, 0.1) is 5.69 Å². The lowest BCUT2D eigenvalue weighted by molar-refractivity contribution is 0.291. The fourth-order valence-electron chi connectivity index (χ4n) is 1.53. The minimum atomic E-state index is 0.433. The Labute approximate surface area is 101 Å². The van der Waals surface area contributed by atoms with Crippen molar-refractivity contribution in [1.82, 2.24) is 4.98 Å². The molecule has 17 heavy (non-hydrogen) atoms. The molecule has 0 fully saturated rings. The highest BCUT2D eigenvalue weighted by atomic mass is 16.5. The van der Waals surface area contributed by atoms with Crippen molar-refractivity contribution in [1.29, 1.82) is 0 Å². The second-order valence-corrected chi connectivity index (χ2v) is 3.90. The lowest BCUT2D eigenvalue weighted by Crippen LogP contribution is -2.04. The fraction of sp³-hybridized carbons (Fsp3) is 0.214. The van der Waals surface area contributed by atoms with Crippen LogP contribution in [-0.4, -0.2) is 4.98 Å². The fourth-order valence-corrected chi connectivity index (χ4v) is 1.53. The summed E-state index contributed by atoms with van der Waals surface area (Å²) < 4.78 is 5.70. The third kappa shape index (κ3) is 3.04. The normalized spacial score (nSPS) is 10.2. The van der Waals surface area contributed by atoms with Gasteiger partial charge >= 0.3 is 0 Å². The van der Waals surface area contributed by atoms with Crippen molar-refractivity contribution < 1.29 is 4.74 Å². The van der Waals surface area contributed by atoms with Crippen molar-refractivity contribution in [3.63, 3.8) is 0 Å². The molecule has 0 spiro atoms. The zero-order valence-corrected chi connectivity index (χ0v) is 9.89. The van der Waals surface area contributed by atoms with Gasteiger partial charge < -0.3 is 10.5 Å². The van der Waals surface area contributed by atoms with Crippen LogP contribution in [0, 0.1) is 6.92 Å². The Morgan fingerprint density at radius 1 is 1.12 bits per heavy atom. The highest BCUT2D eigenvalue weighted by Crippen LogP contribution is 2.16. The number of rotatable bonds is 4. The number of aromatic nitrogens is 1. The maximum absolute atomic E-state index is 5.70. The van der Waals surface area contributed by atoms with Gasteiger partial charge in [0, 0.05) is 12.1 Å². The smallest absolute Gasteiger partial charge is 0.216 e. The summed E-state index contributed by atoms with van der Waals surface area (Å²) in [5, 5.41) is 0. The summed E-state index contributed by atoms with van der Waals surface area (Å²) >= 11 is 0. The van der Waals surface area contributed by atoms with Crippen LogP contribution in [0.15, 0.2) is 42.5 Å². The van der Waals surface area contributed by atoms with Crippen LogP contribution >= 0.6 is 0 Å². The van der Waals surface area contributed by atoms with E-state index in [4.69, 9.17) is 10.5 Å². The maximum atomic E-state index is 5.70. The van der Waals surface area contributed by atoms with Gasteiger partial charge in [-0.25, -0.2) is 4.98 Å². The number of pyridine rings is 1. The molecule has 0 radical (unpaired) electrons. The van der Waals surface area contributed by atoms with Crippen molar-refractivity contribution in [2.45, 2.75) is 20.1 Å². The lowest BCUT2D eigenvalue weighted by atomic mass is 10.2. The number of aryl methyl sites for hydroxylation is 1. The maximum Gasteiger partial charge on any atom is 0.216 e. The Bertz CT molecular complexity index is 483. The molecule has 1 heterocycles. The van der Waals surface area contributed by atoms with Crippen molar-refractivity contribution >= 4 is 0 Å². The number of benzene rings is 1. The molecule has 1 aromatic heterocycles. The number of hydrogen-bond donors (Lipinski definition) is 1. The SMILES string of the molecule is Cc1ccc(CN)nc1OCc1ccccc1. The van der Waals surface area contributed by atoms with E-state index in [1.54, 1.807) is 0 Å². The molecule has 0 amide bonds. The molecule has 1 aromatic carbocycles. The number of nitrogens with zero attached hydrogens (tertiary/aromatic N) is 1. The van der Waals surface area contributed by atoms with Crippen molar-refractivity contribution in [2.24, 2.45) is 5.73 Å². The molecule has 0 saturated heterocycles. The van der Waals surface area contributed by atoms with Crippen LogP contribution in [0.1, 0.15) is 16.8 Å². The standard InChI is InChI=1S/C14H16N2O/c1-11-7-8-13(9-15)16-14(11)17-10-12-5-3-2-4-6-12/h2-8H,9-10,15H2,1H3. The van der Waals surface area contributed by atoms with E-state index >= 15 is 0 Å². The average molecular weight is 228 g/mol. The van der Waals surface area contributed by atoms with Crippen LogP contribution in [-0.2, 0) is 13.2 Å². The van der Waals surface area contributed by atoms with E-state index in [-0.39, 0.29) is 0 Å². The third-order valence-electron chi connectivity index (χ3n) is 2.54. The number of hydrogen-bond acceptors (Lipinski definition) is 3. The molecule has 0 atom stereocenters. The molecular formula is C14H16N2O. The summed E-state index contributed by atoms with van der Waals surface area (Å²) in [7, 11) is 0. The van der Waals surface area contributed by atoms with E-state index in [9.17, 15) is 0 Å². The van der Waals surface area contributed by atoms with Crippen LogP contribution in [0.3, 0.4) is 0 Å². The molecule has 0 unspecified atom stereocenters. The summed E-state index contributed by atoms with van der Waals surface area (Å²) in [6, 6.07) is 13.9. The first kappa shape index (κ1) is 11.6. The van der Waals surface area contributed by atoms with E-state index in [1.807, 2.05) is 49.4 Å². The van der Waals surface area contributed by atoms with Gasteiger partial charge in [-0.3, -0.25) is 0 Å². The van der Waals surface area contributed by atoms with E-state index in [0.29, 0.717) is 19.0 Å². The van der Waals surface area contributed by atoms with E-state index in [0.717, 1.165) is 16.8 Å². The molecule has 0 aliphatic heterocycles. The highest BCUT2D eigenvalue weighted by Gasteiger charge is 2.03. The zero-order chi connectivity index (χ0) is 12.1. The summed E-state index contributed by atoms with van der Waals surface area (Å²) in [6.45, 7) is 2.94. The zero-order valence-electron chi connectivity index (χ0n) is 9.89. The monoisotopic (exact) mass is 228 g/mol. The van der Waals surface area contributed by atoms with E-state index in [1.165, 1.54) is 0 Å². The summed E-state index contributed by atoms with van der Waals surface area (Å²) in [4.78, 5) is 4.36. The van der Waals surface area contributed by atoms with Crippen molar-refractivity contribution in [3.8, 4) is 5.88 Å². The Morgan fingerprint density at radius 2 is 1.88 bits per heavy atom. The van der Waals surface area contributed by atoms with Gasteiger partial charge in [0.25, 0.3) is 0 Å². The molecule has 0 aliphatic carbocycles.